The Kier molecular flexibility index (Phi) is 8.04. The van der Waals surface area contributed by atoms with Crippen LogP contribution in [0.25, 0.3) is 0 Å². The first kappa shape index (κ1) is 23.1. The van der Waals surface area contributed by atoms with E-state index in [9.17, 15) is 18.4 Å². The van der Waals surface area contributed by atoms with E-state index < -0.39 is 30.8 Å². The molecule has 0 saturated heterocycles. The van der Waals surface area contributed by atoms with Gasteiger partial charge in [-0.25, -0.2) is 4.79 Å². The minimum Gasteiger partial charge on any atom is -0.493 e. The number of amides is 1. The summed E-state index contributed by atoms with van der Waals surface area (Å²) < 4.78 is 39.8. The Labute approximate surface area is 187 Å². The Morgan fingerprint density at radius 2 is 1.69 bits per heavy atom. The van der Waals surface area contributed by atoms with Crippen LogP contribution in [0, 0.1) is 0 Å². The van der Waals surface area contributed by atoms with Gasteiger partial charge in [-0.15, -0.1) is 0 Å². The largest absolute Gasteiger partial charge is 0.493 e. The number of alkyl halides is 2. The number of anilines is 1. The van der Waals surface area contributed by atoms with Crippen molar-refractivity contribution in [2.45, 2.75) is 16.4 Å². The van der Waals surface area contributed by atoms with E-state index in [1.165, 1.54) is 37.1 Å². The maximum Gasteiger partial charge on any atom is 0.387 e. The van der Waals surface area contributed by atoms with E-state index in [1.807, 2.05) is 42.5 Å². The van der Waals surface area contributed by atoms with Crippen LogP contribution in [-0.2, 0) is 9.53 Å². The van der Waals surface area contributed by atoms with E-state index in [0.29, 0.717) is 5.69 Å². The summed E-state index contributed by atoms with van der Waals surface area (Å²) in [5.41, 5.74) is 0.267. The maximum absolute atomic E-state index is 12.7. The Hall–Kier alpha value is -3.59. The number of methoxy groups -OCH3 is 1. The van der Waals surface area contributed by atoms with Crippen molar-refractivity contribution >= 4 is 29.3 Å². The van der Waals surface area contributed by atoms with E-state index in [1.54, 1.807) is 12.1 Å². The molecule has 0 aliphatic heterocycles. The van der Waals surface area contributed by atoms with E-state index in [2.05, 4.69) is 10.1 Å². The zero-order valence-corrected chi connectivity index (χ0v) is 17.7. The smallest absolute Gasteiger partial charge is 0.387 e. The Balaban J connectivity index is 1.66. The van der Waals surface area contributed by atoms with Gasteiger partial charge in [0, 0.05) is 9.79 Å². The topological polar surface area (TPSA) is 73.9 Å². The molecule has 3 aromatic rings. The van der Waals surface area contributed by atoms with Crippen LogP contribution in [0.3, 0.4) is 0 Å². The minimum absolute atomic E-state index is 0.0592. The fraction of sp³-hybridized carbons (Fsp3) is 0.130. The second-order valence-corrected chi connectivity index (χ2v) is 7.37. The predicted octanol–water partition coefficient (Wildman–Crippen LogP) is 5.24. The Morgan fingerprint density at radius 3 is 2.41 bits per heavy atom. The second kappa shape index (κ2) is 11.1. The summed E-state index contributed by atoms with van der Waals surface area (Å²) in [4.78, 5) is 26.6. The number of carbonyl (C=O) groups is 2. The van der Waals surface area contributed by atoms with Crippen LogP contribution in [0.5, 0.6) is 11.5 Å². The van der Waals surface area contributed by atoms with E-state index >= 15 is 0 Å². The average molecular weight is 459 g/mol. The molecule has 0 aliphatic carbocycles. The van der Waals surface area contributed by atoms with Crippen LogP contribution in [0.2, 0.25) is 0 Å². The third-order valence-corrected chi connectivity index (χ3v) is 5.18. The molecular weight excluding hydrogens is 440 g/mol. The summed E-state index contributed by atoms with van der Waals surface area (Å²) in [6.45, 7) is -3.78. The first-order chi connectivity index (χ1) is 15.5. The lowest BCUT2D eigenvalue weighted by Gasteiger charge is -2.14. The van der Waals surface area contributed by atoms with Crippen molar-refractivity contribution < 1.29 is 32.6 Å². The number of para-hydroxylation sites is 2. The number of benzene rings is 3. The number of hydrogen-bond acceptors (Lipinski definition) is 6. The summed E-state index contributed by atoms with van der Waals surface area (Å²) in [5.74, 6) is -2.10. The molecule has 3 rings (SSSR count). The summed E-state index contributed by atoms with van der Waals surface area (Å²) in [5, 5.41) is 2.69. The van der Waals surface area contributed by atoms with Gasteiger partial charge in [0.1, 0.15) is 5.56 Å². The van der Waals surface area contributed by atoms with Gasteiger partial charge in [-0.3, -0.25) is 4.79 Å². The van der Waals surface area contributed by atoms with Gasteiger partial charge in [-0.05, 0) is 36.4 Å². The standard InChI is InChI=1S/C23H19F2NO5S/c1-29-18-12-7-10-16(21(18)31-23(24)25)22(28)30-14-20(27)26-17-11-5-6-13-19(17)32-15-8-3-2-4-9-15/h2-13,23H,14H2,1H3,(H,26,27). The van der Waals surface area contributed by atoms with Crippen LogP contribution in [0.15, 0.2) is 82.6 Å². The van der Waals surface area contributed by atoms with Crippen LogP contribution in [-0.4, -0.2) is 32.2 Å². The van der Waals surface area contributed by atoms with E-state index in [-0.39, 0.29) is 11.3 Å². The lowest BCUT2D eigenvalue weighted by atomic mass is 10.2. The SMILES string of the molecule is COc1cccc(C(=O)OCC(=O)Nc2ccccc2Sc2ccccc2)c1OC(F)F. The quantitative estimate of drug-likeness (QED) is 0.441. The van der Waals surface area contributed by atoms with Crippen LogP contribution < -0.4 is 14.8 Å². The molecule has 0 atom stereocenters. The number of ether oxygens (including phenoxy) is 3. The van der Waals surface area contributed by atoms with Crippen molar-refractivity contribution in [3.63, 3.8) is 0 Å². The normalized spacial score (nSPS) is 10.5. The van der Waals surface area contributed by atoms with E-state index in [0.717, 1.165) is 9.79 Å². The molecule has 0 aliphatic rings. The van der Waals surface area contributed by atoms with Gasteiger partial charge in [0.25, 0.3) is 5.91 Å². The monoisotopic (exact) mass is 459 g/mol. The van der Waals surface area contributed by atoms with Crippen molar-refractivity contribution in [2.24, 2.45) is 0 Å². The third kappa shape index (κ3) is 6.21. The molecule has 1 N–H and O–H groups in total. The zero-order valence-electron chi connectivity index (χ0n) is 16.9. The van der Waals surface area contributed by atoms with Crippen molar-refractivity contribution in [2.75, 3.05) is 19.0 Å². The van der Waals surface area contributed by atoms with Crippen LogP contribution in [0.4, 0.5) is 14.5 Å². The van der Waals surface area contributed by atoms with Gasteiger partial charge >= 0.3 is 12.6 Å². The van der Waals surface area contributed by atoms with Crippen molar-refractivity contribution in [1.29, 1.82) is 0 Å². The lowest BCUT2D eigenvalue weighted by Crippen LogP contribution is -2.21. The molecule has 1 amide bonds. The minimum atomic E-state index is -3.17. The maximum atomic E-state index is 12.7. The zero-order chi connectivity index (χ0) is 22.9. The van der Waals surface area contributed by atoms with Crippen molar-refractivity contribution in [3.05, 3.63) is 78.4 Å². The summed E-state index contributed by atoms with van der Waals surface area (Å²) in [7, 11) is 1.25. The predicted molar refractivity (Wildman–Crippen MR) is 116 cm³/mol. The number of nitrogens with one attached hydrogen (secondary N) is 1. The summed E-state index contributed by atoms with van der Waals surface area (Å²) >= 11 is 1.47. The van der Waals surface area contributed by atoms with Crippen LogP contribution in [0.1, 0.15) is 10.4 Å². The Bertz CT molecular complexity index is 1080. The summed E-state index contributed by atoms with van der Waals surface area (Å²) in [6.07, 6.45) is 0. The highest BCUT2D eigenvalue weighted by atomic mass is 32.2. The molecule has 0 spiro atoms. The van der Waals surface area contributed by atoms with Gasteiger partial charge in [-0.1, -0.05) is 48.2 Å². The summed E-state index contributed by atoms with van der Waals surface area (Å²) in [6, 6.07) is 20.8. The number of esters is 1. The molecule has 0 bridgehead atoms. The molecule has 6 nitrogen and oxygen atoms in total. The number of halogens is 2. The second-order valence-electron chi connectivity index (χ2n) is 6.25. The van der Waals surface area contributed by atoms with Gasteiger partial charge in [0.15, 0.2) is 18.1 Å². The van der Waals surface area contributed by atoms with Crippen molar-refractivity contribution in [3.8, 4) is 11.5 Å². The van der Waals surface area contributed by atoms with Crippen LogP contribution >= 0.6 is 11.8 Å². The van der Waals surface area contributed by atoms with Gasteiger partial charge in [-0.2, -0.15) is 8.78 Å². The highest BCUT2D eigenvalue weighted by molar-refractivity contribution is 7.99. The van der Waals surface area contributed by atoms with Crippen molar-refractivity contribution in [1.82, 2.24) is 0 Å². The molecule has 0 radical (unpaired) electrons. The molecular formula is C23H19F2NO5S. The number of carbonyl (C=O) groups excluding carboxylic acids is 2. The molecule has 166 valence electrons. The molecule has 0 aromatic heterocycles. The first-order valence-electron chi connectivity index (χ1n) is 9.38. The first-order valence-corrected chi connectivity index (χ1v) is 10.2. The highest BCUT2D eigenvalue weighted by Crippen LogP contribution is 2.34. The van der Waals surface area contributed by atoms with Gasteiger partial charge < -0.3 is 19.5 Å². The number of rotatable bonds is 9. The molecule has 32 heavy (non-hydrogen) atoms. The molecule has 0 fully saturated rings. The molecule has 0 heterocycles. The Morgan fingerprint density at radius 1 is 0.969 bits per heavy atom. The molecule has 0 unspecified atom stereocenters. The van der Waals surface area contributed by atoms with Gasteiger partial charge in [0.05, 0.1) is 12.8 Å². The lowest BCUT2D eigenvalue weighted by molar-refractivity contribution is -0.119. The fourth-order valence-corrected chi connectivity index (χ4v) is 3.64. The fourth-order valence-electron chi connectivity index (χ4n) is 2.72. The van der Waals surface area contributed by atoms with Gasteiger partial charge in [0.2, 0.25) is 0 Å². The number of hydrogen-bond donors (Lipinski definition) is 1. The molecule has 9 heteroatoms. The molecule has 0 saturated carbocycles. The average Bonchev–Trinajstić information content (AvgIpc) is 2.79. The third-order valence-electron chi connectivity index (χ3n) is 4.09. The van der Waals surface area contributed by atoms with E-state index in [4.69, 9.17) is 9.47 Å². The highest BCUT2D eigenvalue weighted by Gasteiger charge is 2.22. The molecule has 3 aromatic carbocycles.